The molecule has 1 fully saturated rings. The van der Waals surface area contributed by atoms with Crippen LogP contribution in [-0.4, -0.2) is 37.0 Å². The zero-order valence-electron chi connectivity index (χ0n) is 18.9. The Morgan fingerprint density at radius 2 is 1.75 bits per heavy atom. The molecule has 0 bridgehead atoms. The van der Waals surface area contributed by atoms with E-state index in [1.54, 1.807) is 19.1 Å². The number of hydrogen-bond donors (Lipinski definition) is 1. The maximum Gasteiger partial charge on any atom is 0.255 e. The molecule has 6 heteroatoms. The molecule has 0 radical (unpaired) electrons. The van der Waals surface area contributed by atoms with Crippen molar-refractivity contribution >= 4 is 11.8 Å². The highest BCUT2D eigenvalue weighted by atomic mass is 16.5. The first-order chi connectivity index (χ1) is 15.6. The highest BCUT2D eigenvalue weighted by Gasteiger charge is 2.35. The summed E-state index contributed by atoms with van der Waals surface area (Å²) < 4.78 is 10.9. The van der Waals surface area contributed by atoms with Gasteiger partial charge < -0.3 is 19.7 Å². The van der Waals surface area contributed by atoms with Crippen LogP contribution in [0.1, 0.15) is 72.5 Å². The van der Waals surface area contributed by atoms with Crippen LogP contribution in [0.15, 0.2) is 42.5 Å². The topological polar surface area (TPSA) is 67.9 Å². The molecule has 2 aromatic carbocycles. The Balaban J connectivity index is 1.60. The van der Waals surface area contributed by atoms with Gasteiger partial charge in [0.15, 0.2) is 11.5 Å². The predicted molar refractivity (Wildman–Crippen MR) is 123 cm³/mol. The number of nitrogens with zero attached hydrogens (tertiary/aromatic N) is 1. The van der Waals surface area contributed by atoms with Crippen molar-refractivity contribution in [3.63, 3.8) is 0 Å². The minimum absolute atomic E-state index is 0.0135. The Morgan fingerprint density at radius 1 is 1.03 bits per heavy atom. The van der Waals surface area contributed by atoms with Gasteiger partial charge >= 0.3 is 0 Å². The molecule has 0 unspecified atom stereocenters. The van der Waals surface area contributed by atoms with Crippen LogP contribution in [0.5, 0.6) is 11.5 Å². The third kappa shape index (κ3) is 4.74. The normalized spacial score (nSPS) is 17.4. The summed E-state index contributed by atoms with van der Waals surface area (Å²) in [7, 11) is 3.18. The van der Waals surface area contributed by atoms with E-state index < -0.39 is 0 Å². The van der Waals surface area contributed by atoms with Gasteiger partial charge in [-0.05, 0) is 42.2 Å². The molecule has 4 rings (SSSR count). The molecule has 2 aromatic rings. The van der Waals surface area contributed by atoms with E-state index in [-0.39, 0.29) is 30.3 Å². The van der Waals surface area contributed by atoms with Crippen LogP contribution < -0.4 is 14.8 Å². The summed E-state index contributed by atoms with van der Waals surface area (Å²) in [6.07, 6.45) is 7.06. The molecule has 1 heterocycles. The van der Waals surface area contributed by atoms with Gasteiger partial charge in [-0.15, -0.1) is 0 Å². The number of carbonyl (C=O) groups excluding carboxylic acids is 2. The predicted octanol–water partition coefficient (Wildman–Crippen LogP) is 4.63. The van der Waals surface area contributed by atoms with Crippen molar-refractivity contribution in [2.45, 2.75) is 63.6 Å². The third-order valence-electron chi connectivity index (χ3n) is 6.62. The van der Waals surface area contributed by atoms with Crippen molar-refractivity contribution in [2.24, 2.45) is 0 Å². The lowest BCUT2D eigenvalue weighted by Gasteiger charge is -2.29. The molecule has 0 aromatic heterocycles. The van der Waals surface area contributed by atoms with Crippen LogP contribution in [0.4, 0.5) is 0 Å². The Morgan fingerprint density at radius 3 is 2.44 bits per heavy atom. The summed E-state index contributed by atoms with van der Waals surface area (Å²) in [6, 6.07) is 13.1. The van der Waals surface area contributed by atoms with Crippen molar-refractivity contribution < 1.29 is 19.1 Å². The molecule has 2 amide bonds. The van der Waals surface area contributed by atoms with E-state index in [9.17, 15) is 9.59 Å². The van der Waals surface area contributed by atoms with E-state index in [2.05, 4.69) is 5.32 Å². The first-order valence-electron chi connectivity index (χ1n) is 11.5. The standard InChI is InChI=1S/C26H32N2O4/c1-31-23-14-13-18(15-24(23)32-2)22(16-25(29)27-20-10-5-3-4-6-11-20)28-17-19-9-7-8-12-21(19)26(28)30/h7-9,12-15,20,22H,3-6,10-11,16-17H2,1-2H3,(H,27,29)/t22-/m1/s1. The van der Waals surface area contributed by atoms with Crippen molar-refractivity contribution in [1.82, 2.24) is 10.2 Å². The molecule has 2 aliphatic rings. The number of nitrogens with one attached hydrogen (secondary N) is 1. The summed E-state index contributed by atoms with van der Waals surface area (Å²) in [5.41, 5.74) is 2.56. The van der Waals surface area contributed by atoms with E-state index in [1.807, 2.05) is 42.5 Å². The monoisotopic (exact) mass is 436 g/mol. The van der Waals surface area contributed by atoms with Gasteiger partial charge in [0.1, 0.15) is 0 Å². The zero-order chi connectivity index (χ0) is 22.5. The lowest BCUT2D eigenvalue weighted by Crippen LogP contribution is -2.38. The maximum atomic E-state index is 13.2. The van der Waals surface area contributed by atoms with E-state index in [0.717, 1.165) is 36.8 Å². The average Bonchev–Trinajstić information content (AvgIpc) is 2.97. The zero-order valence-corrected chi connectivity index (χ0v) is 18.9. The van der Waals surface area contributed by atoms with E-state index in [0.29, 0.717) is 23.6 Å². The Bertz CT molecular complexity index is 966. The highest BCUT2D eigenvalue weighted by molar-refractivity contribution is 5.98. The average molecular weight is 437 g/mol. The molecular weight excluding hydrogens is 404 g/mol. The van der Waals surface area contributed by atoms with Crippen molar-refractivity contribution in [3.05, 3.63) is 59.2 Å². The molecule has 1 aliphatic heterocycles. The smallest absolute Gasteiger partial charge is 0.255 e. The van der Waals surface area contributed by atoms with Gasteiger partial charge in [-0.1, -0.05) is 49.9 Å². The van der Waals surface area contributed by atoms with Crippen LogP contribution in [0.3, 0.4) is 0 Å². The van der Waals surface area contributed by atoms with Crippen molar-refractivity contribution in [2.75, 3.05) is 14.2 Å². The molecule has 32 heavy (non-hydrogen) atoms. The number of methoxy groups -OCH3 is 2. The number of benzene rings is 2. The van der Waals surface area contributed by atoms with Gasteiger partial charge in [-0.25, -0.2) is 0 Å². The Kier molecular flexibility index (Phi) is 6.98. The first-order valence-corrected chi connectivity index (χ1v) is 11.5. The molecule has 1 N–H and O–H groups in total. The summed E-state index contributed by atoms with van der Waals surface area (Å²) in [4.78, 5) is 28.2. The molecule has 1 aliphatic carbocycles. The summed E-state index contributed by atoms with van der Waals surface area (Å²) in [5, 5.41) is 3.24. The fourth-order valence-electron chi connectivity index (χ4n) is 4.88. The lowest BCUT2D eigenvalue weighted by molar-refractivity contribution is -0.123. The van der Waals surface area contributed by atoms with Crippen molar-refractivity contribution in [3.8, 4) is 11.5 Å². The van der Waals surface area contributed by atoms with Crippen LogP contribution in [0.25, 0.3) is 0 Å². The number of rotatable bonds is 7. The largest absolute Gasteiger partial charge is 0.493 e. The van der Waals surface area contributed by atoms with Crippen LogP contribution in [0.2, 0.25) is 0 Å². The Labute approximate surface area is 189 Å². The number of ether oxygens (including phenoxy) is 2. The molecule has 170 valence electrons. The minimum atomic E-state index is -0.388. The fraction of sp³-hybridized carbons (Fsp3) is 0.462. The summed E-state index contributed by atoms with van der Waals surface area (Å²) >= 11 is 0. The quantitative estimate of drug-likeness (QED) is 0.643. The van der Waals surface area contributed by atoms with E-state index in [1.165, 1.54) is 12.8 Å². The Hall–Kier alpha value is -3.02. The molecule has 1 atom stereocenters. The van der Waals surface area contributed by atoms with Gasteiger partial charge in [0.05, 0.1) is 26.7 Å². The number of amides is 2. The second-order valence-electron chi connectivity index (χ2n) is 8.68. The molecule has 1 saturated carbocycles. The van der Waals surface area contributed by atoms with Gasteiger partial charge in [-0.3, -0.25) is 9.59 Å². The minimum Gasteiger partial charge on any atom is -0.493 e. The third-order valence-corrected chi connectivity index (χ3v) is 6.62. The lowest BCUT2D eigenvalue weighted by atomic mass is 10.00. The summed E-state index contributed by atoms with van der Waals surface area (Å²) in [6.45, 7) is 0.491. The molecule has 6 nitrogen and oxygen atoms in total. The fourth-order valence-corrected chi connectivity index (χ4v) is 4.88. The first kappa shape index (κ1) is 22.2. The second kappa shape index (κ2) is 10.1. The van der Waals surface area contributed by atoms with Crippen LogP contribution in [0, 0.1) is 0 Å². The number of carbonyl (C=O) groups is 2. The highest BCUT2D eigenvalue weighted by Crippen LogP contribution is 2.37. The molecule has 0 saturated heterocycles. The van der Waals surface area contributed by atoms with E-state index in [4.69, 9.17) is 9.47 Å². The van der Waals surface area contributed by atoms with Crippen molar-refractivity contribution in [1.29, 1.82) is 0 Å². The second-order valence-corrected chi connectivity index (χ2v) is 8.68. The van der Waals surface area contributed by atoms with Gasteiger partial charge in [0, 0.05) is 18.2 Å². The summed E-state index contributed by atoms with van der Waals surface area (Å²) in [5.74, 6) is 1.15. The van der Waals surface area contributed by atoms with Gasteiger partial charge in [0.2, 0.25) is 5.91 Å². The maximum absolute atomic E-state index is 13.2. The van der Waals surface area contributed by atoms with Gasteiger partial charge in [0.25, 0.3) is 5.91 Å². The SMILES string of the molecule is COc1ccc([C@@H](CC(=O)NC2CCCCCC2)N2Cc3ccccc3C2=O)cc1OC. The van der Waals surface area contributed by atoms with Crippen LogP contribution in [-0.2, 0) is 11.3 Å². The van der Waals surface area contributed by atoms with E-state index >= 15 is 0 Å². The molecule has 0 spiro atoms. The number of fused-ring (bicyclic) bond motifs is 1. The van der Waals surface area contributed by atoms with Gasteiger partial charge in [-0.2, -0.15) is 0 Å². The van der Waals surface area contributed by atoms with Crippen LogP contribution >= 0.6 is 0 Å². The molecular formula is C26H32N2O4. The number of hydrogen-bond acceptors (Lipinski definition) is 4.